The second kappa shape index (κ2) is 5.61. The molecular weight excluding hydrogens is 312 g/mol. The average molecular weight is 334 g/mol. The van der Waals surface area contributed by atoms with Gasteiger partial charge in [0.15, 0.2) is 5.69 Å². The van der Waals surface area contributed by atoms with Crippen molar-refractivity contribution in [2.24, 2.45) is 5.41 Å². The van der Waals surface area contributed by atoms with Crippen molar-refractivity contribution in [3.8, 4) is 0 Å². The number of carbonyl (C=O) groups excluding carboxylic acids is 1. The highest BCUT2D eigenvalue weighted by atomic mass is 16.6. The number of carboxylic acid groups (broad SMARTS) is 1. The van der Waals surface area contributed by atoms with Crippen molar-refractivity contribution in [1.29, 1.82) is 0 Å². The van der Waals surface area contributed by atoms with Crippen LogP contribution in [0.1, 0.15) is 44.1 Å². The van der Waals surface area contributed by atoms with Crippen LogP contribution in [0.4, 0.5) is 10.6 Å². The Morgan fingerprint density at radius 1 is 1.33 bits per heavy atom. The number of aromatic carboxylic acids is 1. The smallest absolute Gasteiger partial charge is 0.407 e. The first-order valence-electron chi connectivity index (χ1n) is 7.98. The second-order valence-corrected chi connectivity index (χ2v) is 7.51. The number of nitrogens with zero attached hydrogens (tertiary/aromatic N) is 3. The molecule has 2 heterocycles. The van der Waals surface area contributed by atoms with Gasteiger partial charge in [-0.1, -0.05) is 0 Å². The molecular formula is C16H22N4O4. The molecule has 2 fully saturated rings. The quantitative estimate of drug-likeness (QED) is 0.866. The van der Waals surface area contributed by atoms with Gasteiger partial charge in [0.1, 0.15) is 11.4 Å². The van der Waals surface area contributed by atoms with Crippen LogP contribution in [0.25, 0.3) is 0 Å². The first-order valence-corrected chi connectivity index (χ1v) is 7.98. The van der Waals surface area contributed by atoms with Crippen LogP contribution in [-0.4, -0.2) is 51.9 Å². The number of rotatable bonds is 3. The highest BCUT2D eigenvalue weighted by Crippen LogP contribution is 2.53. The van der Waals surface area contributed by atoms with Crippen LogP contribution < -0.4 is 10.2 Å². The minimum atomic E-state index is -1.10. The topological polar surface area (TPSA) is 105 Å². The van der Waals surface area contributed by atoms with Gasteiger partial charge in [0.2, 0.25) is 0 Å². The van der Waals surface area contributed by atoms with E-state index in [2.05, 4.69) is 15.3 Å². The molecule has 1 aromatic rings. The van der Waals surface area contributed by atoms with Crippen molar-refractivity contribution in [3.05, 3.63) is 18.1 Å². The fourth-order valence-corrected chi connectivity index (χ4v) is 3.05. The number of amides is 1. The summed E-state index contributed by atoms with van der Waals surface area (Å²) in [5.74, 6) is -0.474. The number of carboxylic acids is 1. The van der Waals surface area contributed by atoms with Crippen LogP contribution >= 0.6 is 0 Å². The first-order chi connectivity index (χ1) is 11.2. The van der Waals surface area contributed by atoms with Crippen LogP contribution in [0.15, 0.2) is 12.4 Å². The SMILES string of the molecule is CC(C)(C)OC(=O)N[C@@H]1CN(c2cnc(C(=O)O)cn2)CC12CC2. The number of carbonyl (C=O) groups is 2. The number of hydrogen-bond donors (Lipinski definition) is 2. The average Bonchev–Trinajstić information content (AvgIpc) is 3.15. The van der Waals surface area contributed by atoms with Gasteiger partial charge in [-0.3, -0.25) is 0 Å². The molecule has 8 nitrogen and oxygen atoms in total. The lowest BCUT2D eigenvalue weighted by molar-refractivity contribution is 0.0493. The minimum absolute atomic E-state index is 0.00620. The van der Waals surface area contributed by atoms with Gasteiger partial charge in [0, 0.05) is 18.5 Å². The van der Waals surface area contributed by atoms with E-state index < -0.39 is 17.7 Å². The molecule has 1 saturated heterocycles. The third-order valence-electron chi connectivity index (χ3n) is 4.41. The molecule has 24 heavy (non-hydrogen) atoms. The Kier molecular flexibility index (Phi) is 3.85. The van der Waals surface area contributed by atoms with Crippen molar-refractivity contribution in [2.45, 2.75) is 45.3 Å². The van der Waals surface area contributed by atoms with E-state index >= 15 is 0 Å². The molecule has 1 spiro atoms. The van der Waals surface area contributed by atoms with Crippen molar-refractivity contribution in [1.82, 2.24) is 15.3 Å². The molecule has 8 heteroatoms. The van der Waals surface area contributed by atoms with E-state index in [0.717, 1.165) is 19.4 Å². The molecule has 1 atom stereocenters. The maximum Gasteiger partial charge on any atom is 0.407 e. The zero-order chi connectivity index (χ0) is 17.5. The molecule has 1 aliphatic carbocycles. The predicted molar refractivity (Wildman–Crippen MR) is 86.0 cm³/mol. The molecule has 0 aromatic carbocycles. The van der Waals surface area contributed by atoms with Gasteiger partial charge in [0.05, 0.1) is 18.4 Å². The fraction of sp³-hybridized carbons (Fsp3) is 0.625. The monoisotopic (exact) mass is 334 g/mol. The summed E-state index contributed by atoms with van der Waals surface area (Å²) in [4.78, 5) is 33.0. The van der Waals surface area contributed by atoms with Gasteiger partial charge in [0.25, 0.3) is 0 Å². The van der Waals surface area contributed by atoms with E-state index in [0.29, 0.717) is 12.4 Å². The highest BCUT2D eigenvalue weighted by Gasteiger charge is 2.56. The van der Waals surface area contributed by atoms with Gasteiger partial charge < -0.3 is 20.1 Å². The first kappa shape index (κ1) is 16.5. The molecule has 2 aliphatic rings. The molecule has 2 N–H and O–H groups in total. The van der Waals surface area contributed by atoms with Crippen molar-refractivity contribution < 1.29 is 19.4 Å². The Balaban J connectivity index is 1.67. The normalized spacial score (nSPS) is 21.6. The van der Waals surface area contributed by atoms with Crippen molar-refractivity contribution >= 4 is 17.9 Å². The van der Waals surface area contributed by atoms with Crippen LogP contribution in [0.2, 0.25) is 0 Å². The molecule has 1 aromatic heterocycles. The molecule has 1 aliphatic heterocycles. The van der Waals surface area contributed by atoms with Gasteiger partial charge in [-0.2, -0.15) is 0 Å². The lowest BCUT2D eigenvalue weighted by Gasteiger charge is -2.23. The maximum atomic E-state index is 12.0. The Labute approximate surface area is 140 Å². The van der Waals surface area contributed by atoms with Gasteiger partial charge in [-0.25, -0.2) is 19.6 Å². The summed E-state index contributed by atoms with van der Waals surface area (Å²) in [5.41, 5.74) is -0.552. The third kappa shape index (κ3) is 3.42. The molecule has 1 amide bonds. The zero-order valence-corrected chi connectivity index (χ0v) is 14.1. The minimum Gasteiger partial charge on any atom is -0.476 e. The summed E-state index contributed by atoms with van der Waals surface area (Å²) in [6.07, 6.45) is 4.41. The number of aromatic nitrogens is 2. The summed E-state index contributed by atoms with van der Waals surface area (Å²) in [6, 6.07) is -0.00620. The van der Waals surface area contributed by atoms with Crippen molar-refractivity contribution in [3.63, 3.8) is 0 Å². The summed E-state index contributed by atoms with van der Waals surface area (Å²) in [7, 11) is 0. The molecule has 130 valence electrons. The molecule has 0 unspecified atom stereocenters. The van der Waals surface area contributed by atoms with E-state index in [1.807, 2.05) is 25.7 Å². The lowest BCUT2D eigenvalue weighted by atomic mass is 10.0. The Morgan fingerprint density at radius 2 is 2.04 bits per heavy atom. The molecule has 0 bridgehead atoms. The number of alkyl carbamates (subject to hydrolysis) is 1. The number of anilines is 1. The summed E-state index contributed by atoms with van der Waals surface area (Å²) >= 11 is 0. The lowest BCUT2D eigenvalue weighted by Crippen LogP contribution is -2.44. The van der Waals surface area contributed by atoms with Gasteiger partial charge in [-0.05, 0) is 33.6 Å². The van der Waals surface area contributed by atoms with Crippen LogP contribution in [-0.2, 0) is 4.74 Å². The zero-order valence-electron chi connectivity index (χ0n) is 14.1. The van der Waals surface area contributed by atoms with Crippen molar-refractivity contribution in [2.75, 3.05) is 18.0 Å². The molecule has 0 radical (unpaired) electrons. The second-order valence-electron chi connectivity index (χ2n) is 7.51. The van der Waals surface area contributed by atoms with E-state index in [1.54, 1.807) is 0 Å². The standard InChI is InChI=1S/C16H22N4O4/c1-15(2,3)24-14(23)19-11-8-20(9-16(11)4-5-16)12-7-17-10(6-18-12)13(21)22/h6-7,11H,4-5,8-9H2,1-3H3,(H,19,23)(H,21,22)/t11-/m1/s1. The molecule has 3 rings (SSSR count). The Hall–Kier alpha value is -2.38. The van der Waals surface area contributed by atoms with Crippen LogP contribution in [0.3, 0.4) is 0 Å². The number of nitrogens with one attached hydrogen (secondary N) is 1. The van der Waals surface area contributed by atoms with E-state index in [4.69, 9.17) is 9.84 Å². The number of ether oxygens (including phenoxy) is 1. The van der Waals surface area contributed by atoms with E-state index in [1.165, 1.54) is 12.4 Å². The van der Waals surface area contributed by atoms with Gasteiger partial charge >= 0.3 is 12.1 Å². The van der Waals surface area contributed by atoms with Gasteiger partial charge in [-0.15, -0.1) is 0 Å². The maximum absolute atomic E-state index is 12.0. The summed E-state index contributed by atoms with van der Waals surface area (Å²) in [5, 5.41) is 11.9. The Morgan fingerprint density at radius 3 is 2.54 bits per heavy atom. The fourth-order valence-electron chi connectivity index (χ4n) is 3.05. The Bertz CT molecular complexity index is 649. The van der Waals surface area contributed by atoms with Crippen LogP contribution in [0, 0.1) is 5.41 Å². The van der Waals surface area contributed by atoms with Crippen LogP contribution in [0.5, 0.6) is 0 Å². The predicted octanol–water partition coefficient (Wildman–Crippen LogP) is 1.67. The third-order valence-corrected chi connectivity index (χ3v) is 4.41. The van der Waals surface area contributed by atoms with E-state index in [9.17, 15) is 9.59 Å². The largest absolute Gasteiger partial charge is 0.476 e. The highest BCUT2D eigenvalue weighted by molar-refractivity contribution is 5.84. The molecule has 1 saturated carbocycles. The number of hydrogen-bond acceptors (Lipinski definition) is 6. The summed E-state index contributed by atoms with van der Waals surface area (Å²) < 4.78 is 5.34. The summed E-state index contributed by atoms with van der Waals surface area (Å²) in [6.45, 7) is 6.88. The van der Waals surface area contributed by atoms with E-state index in [-0.39, 0.29) is 17.2 Å².